The average molecular weight is 550 g/mol. The molecule has 0 aromatic heterocycles. The van der Waals surface area contributed by atoms with Crippen LogP contribution in [0.1, 0.15) is 25.0 Å². The van der Waals surface area contributed by atoms with E-state index in [-0.39, 0.29) is 36.4 Å². The number of amides is 1. The minimum atomic E-state index is -4.35. The fraction of sp³-hybridized carbons (Fsp3) is 0.333. The van der Waals surface area contributed by atoms with Crippen LogP contribution >= 0.6 is 24.0 Å². The Balaban J connectivity index is 0.00000480. The van der Waals surface area contributed by atoms with Gasteiger partial charge in [-0.2, -0.15) is 13.2 Å². The number of carbonyl (C=O) groups excluding carboxylic acids is 1. The van der Waals surface area contributed by atoms with Gasteiger partial charge < -0.3 is 20.7 Å². The molecule has 2 rings (SSSR count). The van der Waals surface area contributed by atoms with Crippen LogP contribution in [0, 0.1) is 0 Å². The van der Waals surface area contributed by atoms with Gasteiger partial charge in [-0.05, 0) is 36.8 Å². The second kappa shape index (κ2) is 13.0. The molecule has 0 bridgehead atoms. The Morgan fingerprint density at radius 3 is 2.42 bits per heavy atom. The number of hydrogen-bond acceptors (Lipinski definition) is 3. The van der Waals surface area contributed by atoms with E-state index in [1.165, 1.54) is 19.1 Å². The molecule has 31 heavy (non-hydrogen) atoms. The van der Waals surface area contributed by atoms with Crippen molar-refractivity contribution in [2.75, 3.05) is 25.0 Å². The van der Waals surface area contributed by atoms with Crippen LogP contribution in [0.4, 0.5) is 18.9 Å². The van der Waals surface area contributed by atoms with Crippen LogP contribution in [0.2, 0.25) is 0 Å². The zero-order valence-electron chi connectivity index (χ0n) is 17.3. The van der Waals surface area contributed by atoms with E-state index in [1.54, 1.807) is 24.3 Å². The summed E-state index contributed by atoms with van der Waals surface area (Å²) < 4.78 is 43.6. The van der Waals surface area contributed by atoms with E-state index in [4.69, 9.17) is 4.74 Å². The molecule has 0 aliphatic carbocycles. The zero-order valence-corrected chi connectivity index (χ0v) is 19.6. The van der Waals surface area contributed by atoms with Gasteiger partial charge in [-0.15, -0.1) is 24.0 Å². The summed E-state index contributed by atoms with van der Waals surface area (Å²) in [6.45, 7) is 5.05. The van der Waals surface area contributed by atoms with Crippen molar-refractivity contribution in [1.29, 1.82) is 0 Å². The largest absolute Gasteiger partial charge is 0.492 e. The van der Waals surface area contributed by atoms with E-state index in [1.807, 2.05) is 6.92 Å². The van der Waals surface area contributed by atoms with Crippen LogP contribution in [-0.2, 0) is 17.5 Å². The van der Waals surface area contributed by atoms with Gasteiger partial charge in [0, 0.05) is 25.2 Å². The number of rotatable bonds is 8. The minimum absolute atomic E-state index is 0. The summed E-state index contributed by atoms with van der Waals surface area (Å²) in [5, 5.41) is 8.87. The number of nitrogens with zero attached hydrogens (tertiary/aromatic N) is 1. The van der Waals surface area contributed by atoms with Crippen molar-refractivity contribution in [3.63, 3.8) is 0 Å². The summed E-state index contributed by atoms with van der Waals surface area (Å²) in [4.78, 5) is 15.5. The molecular weight excluding hydrogens is 524 g/mol. The summed E-state index contributed by atoms with van der Waals surface area (Å²) in [7, 11) is 0. The first-order valence-electron chi connectivity index (χ1n) is 9.46. The summed E-state index contributed by atoms with van der Waals surface area (Å²) in [5.74, 6) is 0.996. The Hall–Kier alpha value is -2.50. The lowest BCUT2D eigenvalue weighted by Gasteiger charge is -2.13. The number of ether oxygens (including phenoxy) is 1. The van der Waals surface area contributed by atoms with Gasteiger partial charge in [0.25, 0.3) is 0 Å². The molecule has 170 valence electrons. The first kappa shape index (κ1) is 26.5. The number of anilines is 1. The topological polar surface area (TPSA) is 74.8 Å². The van der Waals surface area contributed by atoms with Gasteiger partial charge in [-0.3, -0.25) is 4.79 Å². The second-order valence-corrected chi connectivity index (χ2v) is 6.37. The van der Waals surface area contributed by atoms with Crippen LogP contribution in [0.15, 0.2) is 53.5 Å². The highest BCUT2D eigenvalue weighted by atomic mass is 127. The lowest BCUT2D eigenvalue weighted by molar-refractivity contribution is -0.137. The Labute approximate surface area is 196 Å². The molecular formula is C21H26F3IN4O2. The van der Waals surface area contributed by atoms with Crippen molar-refractivity contribution < 1.29 is 22.7 Å². The van der Waals surface area contributed by atoms with Crippen molar-refractivity contribution in [1.82, 2.24) is 10.6 Å². The van der Waals surface area contributed by atoms with Crippen LogP contribution in [0.5, 0.6) is 5.75 Å². The zero-order chi connectivity index (χ0) is 22.0. The summed E-state index contributed by atoms with van der Waals surface area (Å²) in [6.07, 6.45) is -4.35. The molecule has 0 unspecified atom stereocenters. The molecule has 0 fully saturated rings. The normalized spacial score (nSPS) is 11.3. The van der Waals surface area contributed by atoms with E-state index in [2.05, 4.69) is 20.9 Å². The third-order valence-corrected chi connectivity index (χ3v) is 3.86. The van der Waals surface area contributed by atoms with E-state index < -0.39 is 11.7 Å². The van der Waals surface area contributed by atoms with Crippen molar-refractivity contribution in [3.05, 3.63) is 59.7 Å². The quantitative estimate of drug-likeness (QED) is 0.197. The molecule has 0 heterocycles. The number of guanidine groups is 1. The first-order valence-corrected chi connectivity index (χ1v) is 9.46. The standard InChI is InChI=1S/C21H25F3N4O2.HI/c1-3-25-20(27-14-16-7-9-17(10-8-16)21(22,23)24)26-11-12-30-19-6-4-5-18(13-19)28-15(2)29;/h4-10,13H,3,11-12,14H2,1-2H3,(H,28,29)(H2,25,26,27);1H. The maximum Gasteiger partial charge on any atom is 0.416 e. The molecule has 3 N–H and O–H groups in total. The lowest BCUT2D eigenvalue weighted by atomic mass is 10.1. The third kappa shape index (κ3) is 9.90. The lowest BCUT2D eigenvalue weighted by Crippen LogP contribution is -2.39. The fourth-order valence-electron chi connectivity index (χ4n) is 2.52. The molecule has 0 saturated carbocycles. The van der Waals surface area contributed by atoms with E-state index in [0.717, 1.165) is 12.1 Å². The highest BCUT2D eigenvalue weighted by Crippen LogP contribution is 2.29. The van der Waals surface area contributed by atoms with Crippen molar-refractivity contribution >= 4 is 41.5 Å². The van der Waals surface area contributed by atoms with E-state index >= 15 is 0 Å². The van der Waals surface area contributed by atoms with Gasteiger partial charge in [-0.1, -0.05) is 18.2 Å². The minimum Gasteiger partial charge on any atom is -0.492 e. The van der Waals surface area contributed by atoms with Crippen LogP contribution < -0.4 is 20.7 Å². The third-order valence-electron chi connectivity index (χ3n) is 3.86. The van der Waals surface area contributed by atoms with Gasteiger partial charge in [-0.25, -0.2) is 4.99 Å². The number of hydrogen-bond donors (Lipinski definition) is 3. The maximum absolute atomic E-state index is 12.6. The van der Waals surface area contributed by atoms with Gasteiger partial charge in [0.1, 0.15) is 12.4 Å². The monoisotopic (exact) mass is 550 g/mol. The van der Waals surface area contributed by atoms with Crippen molar-refractivity contribution in [3.8, 4) is 5.75 Å². The highest BCUT2D eigenvalue weighted by Gasteiger charge is 2.29. The molecule has 1 amide bonds. The summed E-state index contributed by atoms with van der Waals surface area (Å²) >= 11 is 0. The summed E-state index contributed by atoms with van der Waals surface area (Å²) in [5.41, 5.74) is 0.644. The van der Waals surface area contributed by atoms with E-state index in [9.17, 15) is 18.0 Å². The number of halogens is 4. The second-order valence-electron chi connectivity index (χ2n) is 6.37. The molecule has 0 atom stereocenters. The van der Waals surface area contributed by atoms with Crippen molar-refractivity contribution in [2.45, 2.75) is 26.6 Å². The highest BCUT2D eigenvalue weighted by molar-refractivity contribution is 14.0. The predicted molar refractivity (Wildman–Crippen MR) is 126 cm³/mol. The molecule has 0 saturated heterocycles. The van der Waals surface area contributed by atoms with E-state index in [0.29, 0.717) is 42.7 Å². The Morgan fingerprint density at radius 1 is 1.10 bits per heavy atom. The Kier molecular flexibility index (Phi) is 11.2. The van der Waals surface area contributed by atoms with Gasteiger partial charge in [0.05, 0.1) is 18.7 Å². The molecule has 0 spiro atoms. The number of carbonyl (C=O) groups is 1. The van der Waals surface area contributed by atoms with Gasteiger partial charge in [0.15, 0.2) is 5.96 Å². The van der Waals surface area contributed by atoms with Gasteiger partial charge >= 0.3 is 6.18 Å². The predicted octanol–water partition coefficient (Wildman–Crippen LogP) is 4.42. The molecule has 2 aromatic rings. The molecule has 2 aromatic carbocycles. The number of nitrogens with one attached hydrogen (secondary N) is 3. The first-order chi connectivity index (χ1) is 14.3. The van der Waals surface area contributed by atoms with Crippen LogP contribution in [-0.4, -0.2) is 31.6 Å². The molecule has 6 nitrogen and oxygen atoms in total. The Bertz CT molecular complexity index is 858. The average Bonchev–Trinajstić information content (AvgIpc) is 2.68. The van der Waals surface area contributed by atoms with Gasteiger partial charge in [0.2, 0.25) is 5.91 Å². The SMILES string of the molecule is CCNC(=NCc1ccc(C(F)(F)F)cc1)NCCOc1cccc(NC(C)=O)c1.I. The number of aliphatic imine (C=N–C) groups is 1. The van der Waals surface area contributed by atoms with Crippen LogP contribution in [0.25, 0.3) is 0 Å². The molecule has 10 heteroatoms. The maximum atomic E-state index is 12.6. The van der Waals surface area contributed by atoms with Crippen LogP contribution in [0.3, 0.4) is 0 Å². The Morgan fingerprint density at radius 2 is 1.81 bits per heavy atom. The fourth-order valence-corrected chi connectivity index (χ4v) is 2.52. The smallest absolute Gasteiger partial charge is 0.416 e. The number of benzene rings is 2. The van der Waals surface area contributed by atoms with Crippen molar-refractivity contribution in [2.24, 2.45) is 4.99 Å². The molecule has 0 radical (unpaired) electrons. The molecule has 0 aliphatic rings. The summed E-state index contributed by atoms with van der Waals surface area (Å²) in [6, 6.07) is 12.0. The molecule has 0 aliphatic heterocycles. The number of alkyl halides is 3.